The maximum absolute atomic E-state index is 5.35. The Morgan fingerprint density at radius 1 is 0.230 bits per heavy atom. The van der Waals surface area contributed by atoms with Gasteiger partial charge in [-0.25, -0.2) is 15.0 Å². The van der Waals surface area contributed by atoms with Gasteiger partial charge in [-0.3, -0.25) is 0 Å². The molecule has 0 N–H and O–H groups in total. The standard InChI is InChI=1S/C58H35N3/c1-2-16-36(17-3-1)55-59-56(38-31-32-44-42-21-6-5-19-40(42)41-20-7-8-22-43(41)50(44)34-38)61-57(60-55)49-26-9-4-18-39(49)37-30-33-48-47-25-12-15-29-53(47)58(54(48)35-37)51-27-13-10-23-45(51)46-24-11-14-28-52(46)58/h1-35H. The summed E-state index contributed by atoms with van der Waals surface area (Å²) >= 11 is 0. The summed E-state index contributed by atoms with van der Waals surface area (Å²) in [4.78, 5) is 15.8. The van der Waals surface area contributed by atoms with Crippen molar-refractivity contribution < 1.29 is 0 Å². The Bertz CT molecular complexity index is 3510. The van der Waals surface area contributed by atoms with Gasteiger partial charge in [-0.2, -0.15) is 0 Å². The molecule has 0 atom stereocenters. The zero-order valence-corrected chi connectivity index (χ0v) is 33.0. The molecule has 61 heavy (non-hydrogen) atoms. The SMILES string of the molecule is c1ccc(-c2nc(-c3ccc4c5ccccc5c5ccccc5c4c3)nc(-c3ccccc3-c3ccc4c(c3)C3(c5ccccc5-c5ccccc53)c3ccccc3-4)n2)cc1. The molecule has 13 rings (SSSR count). The van der Waals surface area contributed by atoms with E-state index in [-0.39, 0.29) is 0 Å². The van der Waals surface area contributed by atoms with Gasteiger partial charge in [-0.1, -0.05) is 200 Å². The van der Waals surface area contributed by atoms with Crippen LogP contribution in [-0.4, -0.2) is 15.0 Å². The van der Waals surface area contributed by atoms with Crippen molar-refractivity contribution in [1.82, 2.24) is 15.0 Å². The summed E-state index contributed by atoms with van der Waals surface area (Å²) in [5, 5.41) is 7.34. The number of nitrogens with zero attached hydrogens (tertiary/aromatic N) is 3. The molecular weight excluding hydrogens is 739 g/mol. The van der Waals surface area contributed by atoms with Crippen LogP contribution >= 0.6 is 0 Å². The number of fused-ring (bicyclic) bond motifs is 16. The fraction of sp³-hybridized carbons (Fsp3) is 0.0172. The Balaban J connectivity index is 1.02. The third-order valence-corrected chi connectivity index (χ3v) is 13.1. The summed E-state index contributed by atoms with van der Waals surface area (Å²) in [5.41, 5.74) is 15.1. The topological polar surface area (TPSA) is 38.7 Å². The number of rotatable bonds is 4. The van der Waals surface area contributed by atoms with Crippen molar-refractivity contribution in [3.8, 4) is 67.5 Å². The lowest BCUT2D eigenvalue weighted by molar-refractivity contribution is 0.794. The smallest absolute Gasteiger partial charge is 0.164 e. The fourth-order valence-electron chi connectivity index (χ4n) is 10.6. The molecule has 0 amide bonds. The lowest BCUT2D eigenvalue weighted by Gasteiger charge is -2.30. The van der Waals surface area contributed by atoms with Crippen LogP contribution in [0.3, 0.4) is 0 Å². The Hall–Kier alpha value is -8.01. The molecule has 0 unspecified atom stereocenters. The summed E-state index contributed by atoms with van der Waals surface area (Å²) in [6, 6.07) is 76.8. The molecular formula is C58H35N3. The van der Waals surface area contributed by atoms with Gasteiger partial charge in [0.1, 0.15) is 0 Å². The average Bonchev–Trinajstić information content (AvgIpc) is 3.81. The normalized spacial score (nSPS) is 13.0. The van der Waals surface area contributed by atoms with Crippen LogP contribution in [0.2, 0.25) is 0 Å². The van der Waals surface area contributed by atoms with Crippen molar-refractivity contribution in [3.63, 3.8) is 0 Å². The molecule has 3 nitrogen and oxygen atoms in total. The predicted molar refractivity (Wildman–Crippen MR) is 250 cm³/mol. The maximum atomic E-state index is 5.35. The van der Waals surface area contributed by atoms with Gasteiger partial charge in [0.25, 0.3) is 0 Å². The zero-order valence-electron chi connectivity index (χ0n) is 33.0. The van der Waals surface area contributed by atoms with Crippen molar-refractivity contribution in [2.45, 2.75) is 5.41 Å². The lowest BCUT2D eigenvalue weighted by atomic mass is 9.70. The lowest BCUT2D eigenvalue weighted by Crippen LogP contribution is -2.25. The van der Waals surface area contributed by atoms with E-state index in [0.717, 1.165) is 27.8 Å². The maximum Gasteiger partial charge on any atom is 0.164 e. The number of benzene rings is 10. The first-order chi connectivity index (χ1) is 30.3. The van der Waals surface area contributed by atoms with Crippen molar-refractivity contribution in [3.05, 3.63) is 235 Å². The van der Waals surface area contributed by atoms with Crippen molar-refractivity contribution in [2.24, 2.45) is 0 Å². The average molecular weight is 774 g/mol. The van der Waals surface area contributed by atoms with E-state index in [1.165, 1.54) is 76.8 Å². The van der Waals surface area contributed by atoms with E-state index >= 15 is 0 Å². The molecule has 0 fully saturated rings. The van der Waals surface area contributed by atoms with Crippen molar-refractivity contribution in [2.75, 3.05) is 0 Å². The molecule has 3 heteroatoms. The predicted octanol–water partition coefficient (Wildman–Crippen LogP) is 14.3. The van der Waals surface area contributed by atoms with E-state index in [4.69, 9.17) is 15.0 Å². The van der Waals surface area contributed by atoms with Gasteiger partial charge in [-0.15, -0.1) is 0 Å². The van der Waals surface area contributed by atoms with Gasteiger partial charge in [0.05, 0.1) is 5.41 Å². The summed E-state index contributed by atoms with van der Waals surface area (Å²) in [6.07, 6.45) is 0. The first-order valence-electron chi connectivity index (χ1n) is 20.9. The minimum absolute atomic E-state index is 0.434. The summed E-state index contributed by atoms with van der Waals surface area (Å²) < 4.78 is 0. The van der Waals surface area contributed by atoms with Crippen molar-refractivity contribution >= 4 is 32.3 Å². The van der Waals surface area contributed by atoms with Gasteiger partial charge in [0.15, 0.2) is 17.5 Å². The molecule has 0 radical (unpaired) electrons. The largest absolute Gasteiger partial charge is 0.208 e. The Kier molecular flexibility index (Phi) is 7.22. The molecule has 1 aromatic heterocycles. The van der Waals surface area contributed by atoms with E-state index < -0.39 is 5.41 Å². The number of hydrogen-bond acceptors (Lipinski definition) is 3. The third kappa shape index (κ3) is 4.83. The van der Waals surface area contributed by atoms with E-state index in [1.54, 1.807) is 0 Å². The molecule has 2 aliphatic rings. The first kappa shape index (κ1) is 33.9. The van der Waals surface area contributed by atoms with Crippen LogP contribution in [0.1, 0.15) is 22.3 Å². The first-order valence-corrected chi connectivity index (χ1v) is 20.9. The molecule has 0 aliphatic heterocycles. The van der Waals surface area contributed by atoms with Crippen LogP contribution in [-0.2, 0) is 5.41 Å². The molecule has 11 aromatic rings. The highest BCUT2D eigenvalue weighted by atomic mass is 15.0. The van der Waals surface area contributed by atoms with Crippen LogP contribution in [0.4, 0.5) is 0 Å². The van der Waals surface area contributed by atoms with E-state index in [2.05, 4.69) is 194 Å². The molecule has 282 valence electrons. The van der Waals surface area contributed by atoms with E-state index in [0.29, 0.717) is 17.5 Å². The minimum atomic E-state index is -0.434. The second kappa shape index (κ2) is 13.0. The Morgan fingerprint density at radius 2 is 0.639 bits per heavy atom. The van der Waals surface area contributed by atoms with Crippen LogP contribution in [0.5, 0.6) is 0 Å². The number of hydrogen-bond donors (Lipinski definition) is 0. The molecule has 1 heterocycles. The molecule has 1 spiro atoms. The van der Waals surface area contributed by atoms with Crippen LogP contribution in [0, 0.1) is 0 Å². The summed E-state index contributed by atoms with van der Waals surface area (Å²) in [5.74, 6) is 1.92. The molecule has 10 aromatic carbocycles. The van der Waals surface area contributed by atoms with E-state index in [1.807, 2.05) is 18.2 Å². The molecule has 2 aliphatic carbocycles. The van der Waals surface area contributed by atoms with Crippen molar-refractivity contribution in [1.29, 1.82) is 0 Å². The van der Waals surface area contributed by atoms with Crippen LogP contribution in [0.25, 0.3) is 99.9 Å². The van der Waals surface area contributed by atoms with Gasteiger partial charge in [0.2, 0.25) is 0 Å². The number of aromatic nitrogens is 3. The van der Waals surface area contributed by atoms with Gasteiger partial charge < -0.3 is 0 Å². The van der Waals surface area contributed by atoms with Gasteiger partial charge in [-0.05, 0) is 100 Å². The highest BCUT2D eigenvalue weighted by Gasteiger charge is 2.51. The van der Waals surface area contributed by atoms with E-state index in [9.17, 15) is 0 Å². The Labute approximate surface area is 353 Å². The van der Waals surface area contributed by atoms with Gasteiger partial charge in [0, 0.05) is 16.7 Å². The molecule has 0 saturated carbocycles. The summed E-state index contributed by atoms with van der Waals surface area (Å²) in [7, 11) is 0. The molecule has 0 bridgehead atoms. The van der Waals surface area contributed by atoms with Crippen LogP contribution in [0.15, 0.2) is 212 Å². The van der Waals surface area contributed by atoms with Crippen LogP contribution < -0.4 is 0 Å². The Morgan fingerprint density at radius 3 is 1.23 bits per heavy atom. The second-order valence-electron chi connectivity index (χ2n) is 16.2. The highest BCUT2D eigenvalue weighted by molar-refractivity contribution is 6.25. The molecule has 0 saturated heterocycles. The quantitative estimate of drug-likeness (QED) is 0.167. The van der Waals surface area contributed by atoms with Gasteiger partial charge >= 0.3 is 0 Å². The monoisotopic (exact) mass is 773 g/mol. The second-order valence-corrected chi connectivity index (χ2v) is 16.2. The third-order valence-electron chi connectivity index (χ3n) is 13.1. The summed E-state index contributed by atoms with van der Waals surface area (Å²) in [6.45, 7) is 0. The zero-order chi connectivity index (χ0) is 40.1. The highest BCUT2D eigenvalue weighted by Crippen LogP contribution is 2.63. The fourth-order valence-corrected chi connectivity index (χ4v) is 10.6. The minimum Gasteiger partial charge on any atom is -0.208 e.